The van der Waals surface area contributed by atoms with Gasteiger partial charge in [-0.2, -0.15) is 0 Å². The van der Waals surface area contributed by atoms with E-state index >= 15 is 0 Å². The molecule has 4 nitrogen and oxygen atoms in total. The molecule has 4 fully saturated rings. The molecule has 4 aliphatic rings. The molecule has 0 aromatic rings. The lowest BCUT2D eigenvalue weighted by Crippen LogP contribution is -2.64. The highest BCUT2D eigenvalue weighted by Crippen LogP contribution is 2.58. The number of methoxy groups -OCH3 is 1. The van der Waals surface area contributed by atoms with Gasteiger partial charge in [-0.1, -0.05) is 32.6 Å². The highest BCUT2D eigenvalue weighted by molar-refractivity contribution is 5.74. The second kappa shape index (κ2) is 6.72. The number of hydrogen-bond donors (Lipinski definition) is 1. The average molecular weight is 323 g/mol. The van der Waals surface area contributed by atoms with E-state index in [4.69, 9.17) is 15.2 Å². The lowest BCUT2D eigenvalue weighted by atomic mass is 9.51. The van der Waals surface area contributed by atoms with E-state index in [0.29, 0.717) is 11.8 Å². The summed E-state index contributed by atoms with van der Waals surface area (Å²) in [5.41, 5.74) is 6.42. The Morgan fingerprint density at radius 2 is 1.87 bits per heavy atom. The van der Waals surface area contributed by atoms with Crippen LogP contribution in [0.1, 0.15) is 77.6 Å². The lowest BCUT2D eigenvalue weighted by Gasteiger charge is -2.60. The Balaban J connectivity index is 1.65. The quantitative estimate of drug-likeness (QED) is 0.548. The second-order valence-electron chi connectivity index (χ2n) is 8.49. The summed E-state index contributed by atoms with van der Waals surface area (Å²) in [7, 11) is 1.47. The molecule has 4 rings (SSSR count). The van der Waals surface area contributed by atoms with Crippen molar-refractivity contribution in [3.63, 3.8) is 0 Å². The molecule has 0 aliphatic heterocycles. The van der Waals surface area contributed by atoms with E-state index in [1.165, 1.54) is 26.4 Å². The van der Waals surface area contributed by atoms with Gasteiger partial charge in [-0.3, -0.25) is 0 Å². The zero-order valence-electron chi connectivity index (χ0n) is 14.8. The number of ether oxygens (including phenoxy) is 2. The van der Waals surface area contributed by atoms with Gasteiger partial charge in [0.15, 0.2) is 6.10 Å². The van der Waals surface area contributed by atoms with Crippen LogP contribution in [0.5, 0.6) is 0 Å². The Kier molecular flexibility index (Phi) is 5.03. The van der Waals surface area contributed by atoms with E-state index in [1.807, 2.05) is 0 Å². The van der Waals surface area contributed by atoms with Gasteiger partial charge < -0.3 is 15.2 Å². The van der Waals surface area contributed by atoms with Crippen LogP contribution >= 0.6 is 0 Å². The maximum Gasteiger partial charge on any atom is 0.334 e. The maximum absolute atomic E-state index is 12.2. The number of carbonyl (C=O) groups is 1. The number of unbranched alkanes of at least 4 members (excludes halogenated alkanes) is 3. The van der Waals surface area contributed by atoms with Crippen LogP contribution in [-0.2, 0) is 14.3 Å². The van der Waals surface area contributed by atoms with Crippen molar-refractivity contribution in [3.05, 3.63) is 0 Å². The number of rotatable bonds is 8. The average Bonchev–Trinajstić information content (AvgIpc) is 2.47. The predicted molar refractivity (Wildman–Crippen MR) is 90.0 cm³/mol. The molecule has 0 radical (unpaired) electrons. The normalized spacial score (nSPS) is 39.4. The third-order valence-corrected chi connectivity index (χ3v) is 6.23. The Labute approximate surface area is 140 Å². The minimum atomic E-state index is -0.406. The SMILES string of the molecule is CCCCCCC(OC12CC3CC(CC(N)(C3)C1)C2)C(=O)OC. The Morgan fingerprint density at radius 3 is 2.43 bits per heavy atom. The molecule has 3 atom stereocenters. The summed E-state index contributed by atoms with van der Waals surface area (Å²) in [4.78, 5) is 12.2. The van der Waals surface area contributed by atoms with Crippen LogP contribution in [-0.4, -0.2) is 30.3 Å². The molecule has 4 heteroatoms. The Bertz CT molecular complexity index is 422. The van der Waals surface area contributed by atoms with Gasteiger partial charge in [-0.05, 0) is 56.8 Å². The van der Waals surface area contributed by atoms with Crippen LogP contribution in [0.2, 0.25) is 0 Å². The van der Waals surface area contributed by atoms with Crippen LogP contribution < -0.4 is 5.73 Å². The molecule has 0 heterocycles. The highest BCUT2D eigenvalue weighted by Gasteiger charge is 2.57. The van der Waals surface area contributed by atoms with E-state index in [-0.39, 0.29) is 17.1 Å². The van der Waals surface area contributed by atoms with Gasteiger partial charge in [0.2, 0.25) is 0 Å². The fourth-order valence-electron chi connectivity index (χ4n) is 5.80. The van der Waals surface area contributed by atoms with Gasteiger partial charge >= 0.3 is 5.97 Å². The standard InChI is InChI=1S/C19H33NO3/c1-3-4-5-6-7-16(17(21)22-2)23-19-11-14-8-15(12-19)10-18(20,9-14)13-19/h14-16H,3-13,20H2,1-2H3. The zero-order valence-corrected chi connectivity index (χ0v) is 14.8. The molecule has 23 heavy (non-hydrogen) atoms. The van der Waals surface area contributed by atoms with Gasteiger partial charge in [0.05, 0.1) is 12.7 Å². The van der Waals surface area contributed by atoms with E-state index < -0.39 is 6.10 Å². The minimum absolute atomic E-state index is 0.0486. The van der Waals surface area contributed by atoms with Gasteiger partial charge in [-0.15, -0.1) is 0 Å². The van der Waals surface area contributed by atoms with E-state index in [2.05, 4.69) is 6.92 Å². The summed E-state index contributed by atoms with van der Waals surface area (Å²) in [5, 5.41) is 0. The number of carbonyl (C=O) groups excluding carboxylic acids is 1. The highest BCUT2D eigenvalue weighted by atomic mass is 16.6. The molecular formula is C19H33NO3. The fraction of sp³-hybridized carbons (Fsp3) is 0.947. The molecule has 0 spiro atoms. The monoisotopic (exact) mass is 323 g/mol. The van der Waals surface area contributed by atoms with Gasteiger partial charge in [0.25, 0.3) is 0 Å². The summed E-state index contributed by atoms with van der Waals surface area (Å²) in [6, 6.07) is 0. The maximum atomic E-state index is 12.2. The molecule has 2 N–H and O–H groups in total. The van der Waals surface area contributed by atoms with E-state index in [1.54, 1.807) is 0 Å². The molecule has 4 aliphatic carbocycles. The van der Waals surface area contributed by atoms with Crippen LogP contribution in [0.15, 0.2) is 0 Å². The second-order valence-corrected chi connectivity index (χ2v) is 8.49. The van der Waals surface area contributed by atoms with Crippen molar-refractivity contribution in [1.29, 1.82) is 0 Å². The summed E-state index contributed by atoms with van der Waals surface area (Å²) in [6.45, 7) is 2.20. The molecule has 0 aromatic heterocycles. The first-order chi connectivity index (χ1) is 11.0. The first kappa shape index (κ1) is 17.2. The molecular weight excluding hydrogens is 290 g/mol. The van der Waals surface area contributed by atoms with Crippen LogP contribution in [0.3, 0.4) is 0 Å². The van der Waals surface area contributed by atoms with Crippen LogP contribution in [0.25, 0.3) is 0 Å². The van der Waals surface area contributed by atoms with Crippen molar-refractivity contribution >= 4 is 5.97 Å². The molecule has 4 saturated carbocycles. The largest absolute Gasteiger partial charge is 0.467 e. The Morgan fingerprint density at radius 1 is 1.17 bits per heavy atom. The van der Waals surface area contributed by atoms with E-state index in [0.717, 1.165) is 51.4 Å². The van der Waals surface area contributed by atoms with Crippen LogP contribution in [0, 0.1) is 11.8 Å². The van der Waals surface area contributed by atoms with Crippen LogP contribution in [0.4, 0.5) is 0 Å². The molecule has 4 bridgehead atoms. The van der Waals surface area contributed by atoms with Gasteiger partial charge in [-0.25, -0.2) is 4.79 Å². The summed E-state index contributed by atoms with van der Waals surface area (Å²) in [5.74, 6) is 1.18. The fourth-order valence-corrected chi connectivity index (χ4v) is 5.80. The smallest absolute Gasteiger partial charge is 0.334 e. The summed E-state index contributed by atoms with van der Waals surface area (Å²) < 4.78 is 11.5. The van der Waals surface area contributed by atoms with Crippen molar-refractivity contribution in [1.82, 2.24) is 0 Å². The predicted octanol–water partition coefficient (Wildman–Crippen LogP) is 3.57. The summed E-state index contributed by atoms with van der Waals surface area (Å²) in [6.07, 6.45) is 11.7. The topological polar surface area (TPSA) is 61.5 Å². The number of hydrogen-bond acceptors (Lipinski definition) is 4. The van der Waals surface area contributed by atoms with Crippen molar-refractivity contribution in [2.45, 2.75) is 94.8 Å². The first-order valence-corrected chi connectivity index (χ1v) is 9.52. The third-order valence-electron chi connectivity index (χ3n) is 6.23. The van der Waals surface area contributed by atoms with Crippen molar-refractivity contribution in [3.8, 4) is 0 Å². The first-order valence-electron chi connectivity index (χ1n) is 9.52. The molecule has 0 amide bonds. The molecule has 3 unspecified atom stereocenters. The zero-order chi connectivity index (χ0) is 16.5. The Hall–Kier alpha value is -0.610. The number of esters is 1. The lowest BCUT2D eigenvalue weighted by molar-refractivity contribution is -0.206. The summed E-state index contributed by atoms with van der Waals surface area (Å²) >= 11 is 0. The van der Waals surface area contributed by atoms with Crippen molar-refractivity contribution < 1.29 is 14.3 Å². The van der Waals surface area contributed by atoms with Gasteiger partial charge in [0, 0.05) is 5.54 Å². The van der Waals surface area contributed by atoms with Gasteiger partial charge in [0.1, 0.15) is 0 Å². The molecule has 0 aromatic carbocycles. The van der Waals surface area contributed by atoms with Crippen molar-refractivity contribution in [2.24, 2.45) is 17.6 Å². The van der Waals surface area contributed by atoms with Crippen molar-refractivity contribution in [2.75, 3.05) is 7.11 Å². The van der Waals surface area contributed by atoms with E-state index in [9.17, 15) is 4.79 Å². The minimum Gasteiger partial charge on any atom is -0.467 e. The third kappa shape index (κ3) is 3.74. The number of nitrogens with two attached hydrogens (primary N) is 1. The molecule has 132 valence electrons. The molecule has 0 saturated heterocycles.